The summed E-state index contributed by atoms with van der Waals surface area (Å²) in [6.07, 6.45) is 0.311. The van der Waals surface area contributed by atoms with Gasteiger partial charge >= 0.3 is 5.97 Å². The van der Waals surface area contributed by atoms with Crippen LogP contribution >= 0.6 is 0 Å². The van der Waals surface area contributed by atoms with Gasteiger partial charge in [-0.3, -0.25) is 4.68 Å². The molecule has 1 aromatic rings. The van der Waals surface area contributed by atoms with Crippen molar-refractivity contribution in [1.82, 2.24) is 9.78 Å². The van der Waals surface area contributed by atoms with Crippen LogP contribution in [0.2, 0.25) is 0 Å². The molecule has 0 saturated carbocycles. The minimum atomic E-state index is -0.462. The molecule has 0 aliphatic carbocycles. The standard InChI is InChI=1S/C11H15N3O2/c1-7-10(5-6-12)8(2)14(13-7)9(3)11(15)16-4/h9H,5H2,1-4H3. The van der Waals surface area contributed by atoms with E-state index in [1.54, 1.807) is 11.6 Å². The van der Waals surface area contributed by atoms with Gasteiger partial charge in [-0.2, -0.15) is 10.4 Å². The number of methoxy groups -OCH3 is 1. The predicted molar refractivity (Wildman–Crippen MR) is 57.7 cm³/mol. The van der Waals surface area contributed by atoms with Crippen molar-refractivity contribution in [2.24, 2.45) is 0 Å². The smallest absolute Gasteiger partial charge is 0.330 e. The Balaban J connectivity index is 3.12. The third-order valence-corrected chi connectivity index (χ3v) is 2.64. The summed E-state index contributed by atoms with van der Waals surface area (Å²) in [5.41, 5.74) is 2.52. The summed E-state index contributed by atoms with van der Waals surface area (Å²) < 4.78 is 6.27. The zero-order valence-corrected chi connectivity index (χ0v) is 9.94. The maximum absolute atomic E-state index is 11.4. The number of esters is 1. The Bertz CT molecular complexity index is 443. The fourth-order valence-corrected chi connectivity index (χ4v) is 1.68. The minimum Gasteiger partial charge on any atom is -0.467 e. The van der Waals surface area contributed by atoms with E-state index in [0.29, 0.717) is 6.42 Å². The summed E-state index contributed by atoms with van der Waals surface area (Å²) >= 11 is 0. The second kappa shape index (κ2) is 4.79. The Morgan fingerprint density at radius 1 is 1.62 bits per heavy atom. The highest BCUT2D eigenvalue weighted by Gasteiger charge is 2.21. The molecular weight excluding hydrogens is 206 g/mol. The molecule has 1 atom stereocenters. The lowest BCUT2D eigenvalue weighted by atomic mass is 10.1. The van der Waals surface area contributed by atoms with Gasteiger partial charge in [0, 0.05) is 11.3 Å². The SMILES string of the molecule is COC(=O)C(C)n1nc(C)c(CC#N)c1C. The molecule has 0 spiro atoms. The Kier molecular flexibility index (Phi) is 3.67. The summed E-state index contributed by atoms with van der Waals surface area (Å²) in [6, 6.07) is 1.63. The third-order valence-electron chi connectivity index (χ3n) is 2.64. The summed E-state index contributed by atoms with van der Waals surface area (Å²) in [6.45, 7) is 5.41. The normalized spacial score (nSPS) is 11.9. The van der Waals surface area contributed by atoms with Crippen molar-refractivity contribution in [2.75, 3.05) is 7.11 Å². The van der Waals surface area contributed by atoms with E-state index in [2.05, 4.69) is 15.9 Å². The molecule has 0 aromatic carbocycles. The molecule has 0 aliphatic rings. The first-order valence-corrected chi connectivity index (χ1v) is 5.02. The number of aryl methyl sites for hydroxylation is 1. The number of carbonyl (C=O) groups is 1. The molecule has 5 heteroatoms. The van der Waals surface area contributed by atoms with Crippen LogP contribution in [0.3, 0.4) is 0 Å². The van der Waals surface area contributed by atoms with E-state index in [0.717, 1.165) is 17.0 Å². The molecule has 0 amide bonds. The maximum Gasteiger partial charge on any atom is 0.330 e. The van der Waals surface area contributed by atoms with E-state index >= 15 is 0 Å². The van der Waals surface area contributed by atoms with Crippen LogP contribution in [0.15, 0.2) is 0 Å². The molecular formula is C11H15N3O2. The monoisotopic (exact) mass is 221 g/mol. The number of nitriles is 1. The van der Waals surface area contributed by atoms with Crippen LogP contribution in [0.5, 0.6) is 0 Å². The lowest BCUT2D eigenvalue weighted by Crippen LogP contribution is -2.20. The Morgan fingerprint density at radius 3 is 2.75 bits per heavy atom. The quantitative estimate of drug-likeness (QED) is 0.721. The minimum absolute atomic E-state index is 0.311. The molecule has 1 unspecified atom stereocenters. The molecule has 0 bridgehead atoms. The molecule has 0 fully saturated rings. The molecule has 5 nitrogen and oxygen atoms in total. The van der Waals surface area contributed by atoms with Gasteiger partial charge in [0.2, 0.25) is 0 Å². The van der Waals surface area contributed by atoms with Gasteiger partial charge in [0.25, 0.3) is 0 Å². The van der Waals surface area contributed by atoms with Crippen LogP contribution < -0.4 is 0 Å². The third kappa shape index (κ3) is 2.06. The molecule has 0 N–H and O–H groups in total. The lowest BCUT2D eigenvalue weighted by Gasteiger charge is -2.11. The van der Waals surface area contributed by atoms with Crippen LogP contribution in [0.25, 0.3) is 0 Å². The summed E-state index contributed by atoms with van der Waals surface area (Å²) in [4.78, 5) is 11.4. The van der Waals surface area contributed by atoms with Gasteiger partial charge in [-0.15, -0.1) is 0 Å². The van der Waals surface area contributed by atoms with Crippen molar-refractivity contribution in [3.63, 3.8) is 0 Å². The average molecular weight is 221 g/mol. The first-order chi connectivity index (χ1) is 7.52. The number of hydrogen-bond donors (Lipinski definition) is 0. The lowest BCUT2D eigenvalue weighted by molar-refractivity contribution is -0.144. The molecule has 0 saturated heterocycles. The summed E-state index contributed by atoms with van der Waals surface area (Å²) in [5, 5.41) is 13.0. The Morgan fingerprint density at radius 2 is 2.25 bits per heavy atom. The van der Waals surface area contributed by atoms with Crippen LogP contribution in [0.4, 0.5) is 0 Å². The number of rotatable bonds is 3. The first kappa shape index (κ1) is 12.2. The molecule has 16 heavy (non-hydrogen) atoms. The summed E-state index contributed by atoms with van der Waals surface area (Å²) in [5.74, 6) is -0.339. The summed E-state index contributed by atoms with van der Waals surface area (Å²) in [7, 11) is 1.35. The van der Waals surface area contributed by atoms with Crippen molar-refractivity contribution in [3.05, 3.63) is 17.0 Å². The number of ether oxygens (including phenoxy) is 1. The number of hydrogen-bond acceptors (Lipinski definition) is 4. The number of carbonyl (C=O) groups excluding carboxylic acids is 1. The highest BCUT2D eigenvalue weighted by Crippen LogP contribution is 2.18. The van der Waals surface area contributed by atoms with Crippen molar-refractivity contribution in [2.45, 2.75) is 33.2 Å². The molecule has 0 radical (unpaired) electrons. The van der Waals surface area contributed by atoms with Crippen molar-refractivity contribution >= 4 is 5.97 Å². The molecule has 1 heterocycles. The van der Waals surface area contributed by atoms with Crippen LogP contribution in [-0.4, -0.2) is 22.9 Å². The van der Waals surface area contributed by atoms with E-state index in [-0.39, 0.29) is 5.97 Å². The first-order valence-electron chi connectivity index (χ1n) is 5.02. The van der Waals surface area contributed by atoms with Gasteiger partial charge in [-0.1, -0.05) is 0 Å². The van der Waals surface area contributed by atoms with E-state index < -0.39 is 6.04 Å². The highest BCUT2D eigenvalue weighted by molar-refractivity contribution is 5.73. The topological polar surface area (TPSA) is 67.9 Å². The molecule has 86 valence electrons. The van der Waals surface area contributed by atoms with Crippen molar-refractivity contribution < 1.29 is 9.53 Å². The van der Waals surface area contributed by atoms with Crippen LogP contribution in [0, 0.1) is 25.2 Å². The van der Waals surface area contributed by atoms with Crippen LogP contribution in [0.1, 0.15) is 29.9 Å². The van der Waals surface area contributed by atoms with E-state index in [4.69, 9.17) is 5.26 Å². The largest absolute Gasteiger partial charge is 0.467 e. The second-order valence-corrected chi connectivity index (χ2v) is 3.63. The van der Waals surface area contributed by atoms with Crippen molar-refractivity contribution in [3.8, 4) is 6.07 Å². The van der Waals surface area contributed by atoms with Gasteiger partial charge in [-0.25, -0.2) is 4.79 Å². The van der Waals surface area contributed by atoms with E-state index in [9.17, 15) is 4.79 Å². The average Bonchev–Trinajstić information content (AvgIpc) is 2.55. The Hall–Kier alpha value is -1.83. The Labute approximate surface area is 94.6 Å². The van der Waals surface area contributed by atoms with Gasteiger partial charge in [0.1, 0.15) is 6.04 Å². The van der Waals surface area contributed by atoms with Crippen molar-refractivity contribution in [1.29, 1.82) is 5.26 Å². The van der Waals surface area contributed by atoms with Crippen LogP contribution in [-0.2, 0) is 16.0 Å². The maximum atomic E-state index is 11.4. The molecule has 1 rings (SSSR count). The number of aromatic nitrogens is 2. The zero-order valence-electron chi connectivity index (χ0n) is 9.94. The molecule has 0 aliphatic heterocycles. The van der Waals surface area contributed by atoms with Gasteiger partial charge in [0.05, 0.1) is 25.3 Å². The highest BCUT2D eigenvalue weighted by atomic mass is 16.5. The van der Waals surface area contributed by atoms with Gasteiger partial charge in [0.15, 0.2) is 0 Å². The van der Waals surface area contributed by atoms with E-state index in [1.165, 1.54) is 7.11 Å². The predicted octanol–water partition coefficient (Wildman–Crippen LogP) is 1.30. The number of nitrogens with zero attached hydrogens (tertiary/aromatic N) is 3. The fraction of sp³-hybridized carbons (Fsp3) is 0.545. The molecule has 1 aromatic heterocycles. The second-order valence-electron chi connectivity index (χ2n) is 3.63. The zero-order chi connectivity index (χ0) is 12.3. The van der Waals surface area contributed by atoms with Gasteiger partial charge in [-0.05, 0) is 20.8 Å². The fourth-order valence-electron chi connectivity index (χ4n) is 1.68. The van der Waals surface area contributed by atoms with Gasteiger partial charge < -0.3 is 4.74 Å². The van der Waals surface area contributed by atoms with E-state index in [1.807, 2.05) is 13.8 Å².